The summed E-state index contributed by atoms with van der Waals surface area (Å²) < 4.78 is 38.9. The second-order valence-corrected chi connectivity index (χ2v) is 6.78. The van der Waals surface area contributed by atoms with Crippen molar-refractivity contribution in [3.8, 4) is 6.07 Å². The minimum Gasteiger partial charge on any atom is -0.358 e. The number of hydrogen-bond donors (Lipinski definition) is 2. The van der Waals surface area contributed by atoms with E-state index in [1.54, 1.807) is 31.2 Å². The SMILES string of the molecule is C.CC1CC(Nc2cccc(C(F)(F)F)c2)=C(C(N)c2ccc(C#N)cc2)C1=O. The maximum Gasteiger partial charge on any atom is 0.416 e. The summed E-state index contributed by atoms with van der Waals surface area (Å²) in [5.41, 5.74) is 7.78. The van der Waals surface area contributed by atoms with Gasteiger partial charge < -0.3 is 11.1 Å². The number of nitrogens with one attached hydrogen (secondary N) is 1. The van der Waals surface area contributed by atoms with E-state index in [2.05, 4.69) is 5.32 Å². The summed E-state index contributed by atoms with van der Waals surface area (Å²) in [6, 6.07) is 12.7. The van der Waals surface area contributed by atoms with Crippen LogP contribution in [0.25, 0.3) is 0 Å². The molecule has 0 bridgehead atoms. The molecule has 4 nitrogen and oxygen atoms in total. The summed E-state index contributed by atoms with van der Waals surface area (Å²) in [4.78, 5) is 12.7. The number of nitrogens with two attached hydrogens (primary N) is 1. The van der Waals surface area contributed by atoms with E-state index in [0.717, 1.165) is 12.1 Å². The highest BCUT2D eigenvalue weighted by atomic mass is 19.4. The minimum atomic E-state index is -4.45. The van der Waals surface area contributed by atoms with Crippen LogP contribution in [0.3, 0.4) is 0 Å². The van der Waals surface area contributed by atoms with Gasteiger partial charge in [0.15, 0.2) is 5.78 Å². The van der Waals surface area contributed by atoms with Gasteiger partial charge in [0.1, 0.15) is 0 Å². The molecule has 2 aromatic carbocycles. The highest BCUT2D eigenvalue weighted by Gasteiger charge is 2.35. The average Bonchev–Trinajstić information content (AvgIpc) is 2.94. The van der Waals surface area contributed by atoms with Crippen molar-refractivity contribution in [1.82, 2.24) is 0 Å². The van der Waals surface area contributed by atoms with Gasteiger partial charge in [0.05, 0.1) is 23.2 Å². The topological polar surface area (TPSA) is 78.9 Å². The molecule has 0 aliphatic heterocycles. The molecule has 0 saturated carbocycles. The van der Waals surface area contributed by atoms with Crippen LogP contribution in [0.4, 0.5) is 18.9 Å². The van der Waals surface area contributed by atoms with E-state index in [-0.39, 0.29) is 24.8 Å². The van der Waals surface area contributed by atoms with Crippen molar-refractivity contribution < 1.29 is 18.0 Å². The van der Waals surface area contributed by atoms with Crippen molar-refractivity contribution in [2.24, 2.45) is 11.7 Å². The number of carbonyl (C=O) groups excluding carboxylic acids is 1. The molecular weight excluding hydrogens is 379 g/mol. The number of anilines is 1. The number of alkyl halides is 3. The molecule has 0 aromatic heterocycles. The van der Waals surface area contributed by atoms with Crippen LogP contribution in [0.15, 0.2) is 59.8 Å². The van der Waals surface area contributed by atoms with E-state index in [1.807, 2.05) is 6.07 Å². The summed E-state index contributed by atoms with van der Waals surface area (Å²) in [6.45, 7) is 1.76. The van der Waals surface area contributed by atoms with E-state index in [1.165, 1.54) is 12.1 Å². The van der Waals surface area contributed by atoms with Crippen LogP contribution in [0, 0.1) is 17.2 Å². The molecule has 0 fully saturated rings. The molecule has 1 aliphatic carbocycles. The lowest BCUT2D eigenvalue weighted by atomic mass is 9.95. The summed E-state index contributed by atoms with van der Waals surface area (Å²) in [7, 11) is 0. The van der Waals surface area contributed by atoms with Gasteiger partial charge in [-0.05, 0) is 42.3 Å². The quantitative estimate of drug-likeness (QED) is 0.739. The van der Waals surface area contributed by atoms with Gasteiger partial charge in [0.25, 0.3) is 0 Å². The zero-order valence-electron chi connectivity index (χ0n) is 15.0. The van der Waals surface area contributed by atoms with E-state index in [9.17, 15) is 18.0 Å². The highest BCUT2D eigenvalue weighted by Crippen LogP contribution is 2.37. The van der Waals surface area contributed by atoms with E-state index in [0.29, 0.717) is 28.8 Å². The zero-order chi connectivity index (χ0) is 20.5. The number of ketones is 1. The molecule has 0 spiro atoms. The van der Waals surface area contributed by atoms with E-state index < -0.39 is 17.8 Å². The van der Waals surface area contributed by atoms with Gasteiger partial charge in [-0.1, -0.05) is 32.5 Å². The molecular formula is C22H22F3N3O. The first kappa shape index (κ1) is 22.2. The van der Waals surface area contributed by atoms with Crippen LogP contribution >= 0.6 is 0 Å². The third kappa shape index (κ3) is 4.66. The Morgan fingerprint density at radius 3 is 2.45 bits per heavy atom. The monoisotopic (exact) mass is 401 g/mol. The van der Waals surface area contributed by atoms with Crippen LogP contribution in [-0.4, -0.2) is 5.78 Å². The Hall–Kier alpha value is -3.11. The summed E-state index contributed by atoms with van der Waals surface area (Å²) >= 11 is 0. The first-order valence-electron chi connectivity index (χ1n) is 8.68. The molecule has 0 saturated heterocycles. The van der Waals surface area contributed by atoms with Crippen molar-refractivity contribution >= 4 is 11.5 Å². The molecule has 2 atom stereocenters. The number of benzene rings is 2. The standard InChI is InChI=1S/C21H18F3N3O.CH4/c1-12-9-17(27-16-4-2-3-15(10-16)21(22,23)24)18(20(12)28)19(26)14-7-5-13(11-25)6-8-14;/h2-8,10,12,19,27H,9,26H2,1H3;1H4. The van der Waals surface area contributed by atoms with Crippen molar-refractivity contribution in [1.29, 1.82) is 5.26 Å². The first-order valence-corrected chi connectivity index (χ1v) is 8.68. The number of carbonyl (C=O) groups is 1. The summed E-state index contributed by atoms with van der Waals surface area (Å²) in [5.74, 6) is -0.445. The Morgan fingerprint density at radius 2 is 1.86 bits per heavy atom. The Labute approximate surface area is 167 Å². The average molecular weight is 401 g/mol. The molecule has 152 valence electrons. The van der Waals surface area contributed by atoms with Gasteiger partial charge in [-0.2, -0.15) is 18.4 Å². The fourth-order valence-electron chi connectivity index (χ4n) is 3.26. The molecule has 2 unspecified atom stereocenters. The molecule has 1 aliphatic rings. The Morgan fingerprint density at radius 1 is 1.21 bits per heavy atom. The van der Waals surface area contributed by atoms with Crippen molar-refractivity contribution in [3.05, 3.63) is 76.5 Å². The van der Waals surface area contributed by atoms with Crippen LogP contribution in [0.2, 0.25) is 0 Å². The third-order valence-corrected chi connectivity index (χ3v) is 4.74. The van der Waals surface area contributed by atoms with Crippen LogP contribution < -0.4 is 11.1 Å². The van der Waals surface area contributed by atoms with E-state index in [4.69, 9.17) is 11.0 Å². The first-order chi connectivity index (χ1) is 13.2. The largest absolute Gasteiger partial charge is 0.416 e. The molecule has 2 aromatic rings. The van der Waals surface area contributed by atoms with Gasteiger partial charge in [0.2, 0.25) is 0 Å². The van der Waals surface area contributed by atoms with Crippen molar-refractivity contribution in [2.45, 2.75) is 33.0 Å². The molecule has 0 radical (unpaired) electrons. The van der Waals surface area contributed by atoms with E-state index >= 15 is 0 Å². The number of allylic oxidation sites excluding steroid dienone is 1. The Kier molecular flexibility index (Phi) is 6.50. The number of rotatable bonds is 4. The lowest BCUT2D eigenvalue weighted by molar-refractivity contribution is -0.137. The van der Waals surface area contributed by atoms with Gasteiger partial charge in [-0.15, -0.1) is 0 Å². The second-order valence-electron chi connectivity index (χ2n) is 6.78. The molecule has 0 amide bonds. The number of Topliss-reactive ketones (excluding diaryl/α,β-unsaturated/α-hetero) is 1. The van der Waals surface area contributed by atoms with Crippen LogP contribution in [0.5, 0.6) is 0 Å². The molecule has 3 rings (SSSR count). The lowest BCUT2D eigenvalue weighted by Crippen LogP contribution is -2.20. The number of nitrogens with zero attached hydrogens (tertiary/aromatic N) is 1. The van der Waals surface area contributed by atoms with Gasteiger partial charge in [-0.25, -0.2) is 0 Å². The van der Waals surface area contributed by atoms with Gasteiger partial charge in [0, 0.05) is 22.9 Å². The number of nitriles is 1. The smallest absolute Gasteiger partial charge is 0.358 e. The second kappa shape index (κ2) is 8.50. The maximum atomic E-state index is 13.0. The molecule has 0 heterocycles. The van der Waals surface area contributed by atoms with Crippen LogP contribution in [-0.2, 0) is 11.0 Å². The fourth-order valence-corrected chi connectivity index (χ4v) is 3.26. The Bertz CT molecular complexity index is 972. The predicted octanol–water partition coefficient (Wildman–Crippen LogP) is 5.19. The summed E-state index contributed by atoms with van der Waals surface area (Å²) in [5, 5.41) is 11.9. The normalized spacial score (nSPS) is 17.5. The summed E-state index contributed by atoms with van der Waals surface area (Å²) in [6.07, 6.45) is -4.08. The van der Waals surface area contributed by atoms with Crippen LogP contribution in [0.1, 0.15) is 43.5 Å². The van der Waals surface area contributed by atoms with Gasteiger partial charge in [-0.3, -0.25) is 4.79 Å². The Balaban J connectivity index is 0.00000300. The minimum absolute atomic E-state index is 0. The molecule has 7 heteroatoms. The molecule has 3 N–H and O–H groups in total. The van der Waals surface area contributed by atoms with Crippen molar-refractivity contribution in [2.75, 3.05) is 5.32 Å². The predicted molar refractivity (Wildman–Crippen MR) is 106 cm³/mol. The van der Waals surface area contributed by atoms with Crippen molar-refractivity contribution in [3.63, 3.8) is 0 Å². The maximum absolute atomic E-state index is 13.0. The lowest BCUT2D eigenvalue weighted by Gasteiger charge is -2.17. The third-order valence-electron chi connectivity index (χ3n) is 4.74. The molecule has 29 heavy (non-hydrogen) atoms. The zero-order valence-corrected chi connectivity index (χ0v) is 15.0. The number of halogens is 3. The number of hydrogen-bond acceptors (Lipinski definition) is 4. The highest BCUT2D eigenvalue weighted by molar-refractivity contribution is 6.02. The van der Waals surface area contributed by atoms with Gasteiger partial charge >= 0.3 is 6.18 Å². The fraction of sp³-hybridized carbons (Fsp3) is 0.273.